The third kappa shape index (κ3) is 3.68. The van der Waals surface area contributed by atoms with E-state index in [9.17, 15) is 0 Å². The first-order valence-corrected chi connectivity index (χ1v) is 7.52. The molecule has 0 fully saturated rings. The quantitative estimate of drug-likeness (QED) is 0.853. The molecule has 0 aliphatic rings. The van der Waals surface area contributed by atoms with Gasteiger partial charge in [-0.3, -0.25) is 0 Å². The summed E-state index contributed by atoms with van der Waals surface area (Å²) in [4.78, 5) is 0. The average molecular weight is 318 g/mol. The van der Waals surface area contributed by atoms with Gasteiger partial charge >= 0.3 is 0 Å². The molecule has 100 valence electrons. The Hall–Kier alpha value is -1.12. The minimum absolute atomic E-state index is 0.281. The molecule has 0 radical (unpaired) electrons. The Bertz CT molecular complexity index is 524. The van der Waals surface area contributed by atoms with E-state index < -0.39 is 0 Å². The zero-order chi connectivity index (χ0) is 13.7. The summed E-state index contributed by atoms with van der Waals surface area (Å²) in [6, 6.07) is 18.8. The van der Waals surface area contributed by atoms with Gasteiger partial charge < -0.3 is 5.73 Å². The second kappa shape index (κ2) is 6.36. The van der Waals surface area contributed by atoms with Crippen LogP contribution in [0.25, 0.3) is 0 Å². The van der Waals surface area contributed by atoms with Gasteiger partial charge in [0.2, 0.25) is 0 Å². The Labute approximate surface area is 124 Å². The summed E-state index contributed by atoms with van der Waals surface area (Å²) in [6.07, 6.45) is 2.94. The van der Waals surface area contributed by atoms with E-state index in [2.05, 4.69) is 65.3 Å². The van der Waals surface area contributed by atoms with Crippen LogP contribution in [0.3, 0.4) is 0 Å². The topological polar surface area (TPSA) is 26.0 Å². The van der Waals surface area contributed by atoms with Crippen LogP contribution < -0.4 is 5.73 Å². The van der Waals surface area contributed by atoms with Gasteiger partial charge in [0.25, 0.3) is 0 Å². The van der Waals surface area contributed by atoms with Crippen LogP contribution in [-0.4, -0.2) is 0 Å². The highest BCUT2D eigenvalue weighted by atomic mass is 79.9. The Morgan fingerprint density at radius 1 is 1.05 bits per heavy atom. The summed E-state index contributed by atoms with van der Waals surface area (Å²) in [7, 11) is 0. The lowest BCUT2D eigenvalue weighted by Crippen LogP contribution is -2.38. The van der Waals surface area contributed by atoms with Crippen LogP contribution in [0, 0.1) is 0 Å². The van der Waals surface area contributed by atoms with E-state index in [1.54, 1.807) is 0 Å². The molecule has 1 nitrogen and oxygen atoms in total. The molecule has 2 rings (SSSR count). The molecular formula is C17H20BrN. The van der Waals surface area contributed by atoms with Gasteiger partial charge in [-0.2, -0.15) is 0 Å². The molecule has 2 N–H and O–H groups in total. The fourth-order valence-electron chi connectivity index (χ4n) is 2.56. The first-order chi connectivity index (χ1) is 9.14. The Kier molecular flexibility index (Phi) is 4.78. The highest BCUT2D eigenvalue weighted by Crippen LogP contribution is 2.28. The van der Waals surface area contributed by atoms with Crippen molar-refractivity contribution in [3.63, 3.8) is 0 Å². The Morgan fingerprint density at radius 3 is 2.42 bits per heavy atom. The van der Waals surface area contributed by atoms with Crippen LogP contribution >= 0.6 is 15.9 Å². The minimum Gasteiger partial charge on any atom is -0.321 e. The molecule has 1 atom stereocenters. The third-order valence-corrected chi connectivity index (χ3v) is 3.95. The molecule has 19 heavy (non-hydrogen) atoms. The molecule has 0 spiro atoms. The molecular weight excluding hydrogens is 298 g/mol. The van der Waals surface area contributed by atoms with Gasteiger partial charge in [0.15, 0.2) is 0 Å². The van der Waals surface area contributed by atoms with Gasteiger partial charge in [-0.05, 0) is 36.1 Å². The fourth-order valence-corrected chi connectivity index (χ4v) is 3.01. The van der Waals surface area contributed by atoms with Crippen LogP contribution in [0.15, 0.2) is 59.1 Å². The molecule has 2 aromatic rings. The summed E-state index contributed by atoms with van der Waals surface area (Å²) < 4.78 is 1.11. The highest BCUT2D eigenvalue weighted by molar-refractivity contribution is 9.10. The van der Waals surface area contributed by atoms with Gasteiger partial charge in [-0.25, -0.2) is 0 Å². The van der Waals surface area contributed by atoms with Gasteiger partial charge in [-0.1, -0.05) is 71.7 Å². The van der Waals surface area contributed by atoms with Crippen LogP contribution in [0.1, 0.15) is 30.9 Å². The van der Waals surface area contributed by atoms with Crippen LogP contribution in [0.4, 0.5) is 0 Å². The summed E-state index contributed by atoms with van der Waals surface area (Å²) >= 11 is 3.52. The highest BCUT2D eigenvalue weighted by Gasteiger charge is 2.26. The predicted molar refractivity (Wildman–Crippen MR) is 85.1 cm³/mol. The number of halogens is 1. The molecule has 0 heterocycles. The summed E-state index contributed by atoms with van der Waals surface area (Å²) in [5.41, 5.74) is 8.91. The number of rotatable bonds is 5. The molecule has 2 heteroatoms. The summed E-state index contributed by atoms with van der Waals surface area (Å²) in [5.74, 6) is 0. The molecule has 0 aliphatic heterocycles. The van der Waals surface area contributed by atoms with Crippen molar-refractivity contribution in [2.24, 2.45) is 5.73 Å². The zero-order valence-corrected chi connectivity index (χ0v) is 12.9. The maximum absolute atomic E-state index is 6.70. The SMILES string of the molecule is CCCC(N)(Cc1cccc(Br)c1)c1ccccc1. The molecule has 0 aliphatic carbocycles. The second-order valence-electron chi connectivity index (χ2n) is 5.08. The monoisotopic (exact) mass is 317 g/mol. The van der Waals surface area contributed by atoms with E-state index in [-0.39, 0.29) is 5.54 Å². The molecule has 0 amide bonds. The van der Waals surface area contributed by atoms with Gasteiger partial charge in [0, 0.05) is 10.0 Å². The van der Waals surface area contributed by atoms with Crippen molar-refractivity contribution in [3.05, 3.63) is 70.2 Å². The summed E-state index contributed by atoms with van der Waals surface area (Å²) in [5, 5.41) is 0. The van der Waals surface area contributed by atoms with E-state index in [0.717, 1.165) is 23.7 Å². The lowest BCUT2D eigenvalue weighted by molar-refractivity contribution is 0.400. The molecule has 0 saturated heterocycles. The minimum atomic E-state index is -0.281. The van der Waals surface area contributed by atoms with Crippen molar-refractivity contribution in [2.45, 2.75) is 31.7 Å². The molecule has 0 saturated carbocycles. The van der Waals surface area contributed by atoms with Crippen molar-refractivity contribution in [1.29, 1.82) is 0 Å². The van der Waals surface area contributed by atoms with Crippen LogP contribution in [-0.2, 0) is 12.0 Å². The van der Waals surface area contributed by atoms with Crippen LogP contribution in [0.5, 0.6) is 0 Å². The van der Waals surface area contributed by atoms with Crippen molar-refractivity contribution in [1.82, 2.24) is 0 Å². The zero-order valence-electron chi connectivity index (χ0n) is 11.3. The van der Waals surface area contributed by atoms with Gasteiger partial charge in [0.05, 0.1) is 0 Å². The second-order valence-corrected chi connectivity index (χ2v) is 5.99. The predicted octanol–water partition coefficient (Wildman–Crippen LogP) is 4.65. The maximum atomic E-state index is 6.70. The van der Waals surface area contributed by atoms with Gasteiger partial charge in [-0.15, -0.1) is 0 Å². The number of hydrogen-bond acceptors (Lipinski definition) is 1. The summed E-state index contributed by atoms with van der Waals surface area (Å²) in [6.45, 7) is 2.19. The van der Waals surface area contributed by atoms with E-state index in [1.165, 1.54) is 11.1 Å². The fraction of sp³-hybridized carbons (Fsp3) is 0.294. The van der Waals surface area contributed by atoms with E-state index in [0.29, 0.717) is 0 Å². The average Bonchev–Trinajstić information content (AvgIpc) is 2.40. The van der Waals surface area contributed by atoms with Crippen molar-refractivity contribution >= 4 is 15.9 Å². The number of nitrogens with two attached hydrogens (primary N) is 1. The lowest BCUT2D eigenvalue weighted by Gasteiger charge is -2.30. The third-order valence-electron chi connectivity index (χ3n) is 3.45. The molecule has 2 aromatic carbocycles. The number of benzene rings is 2. The lowest BCUT2D eigenvalue weighted by atomic mass is 9.81. The standard InChI is InChI=1S/C17H20BrN/c1-2-11-17(19,15-8-4-3-5-9-15)13-14-7-6-10-16(18)12-14/h3-10,12H,2,11,13,19H2,1H3. The first-order valence-electron chi connectivity index (χ1n) is 6.73. The Balaban J connectivity index is 2.30. The van der Waals surface area contributed by atoms with Crippen molar-refractivity contribution in [2.75, 3.05) is 0 Å². The molecule has 0 bridgehead atoms. The smallest absolute Gasteiger partial charge is 0.0450 e. The van der Waals surface area contributed by atoms with Gasteiger partial charge in [0.1, 0.15) is 0 Å². The van der Waals surface area contributed by atoms with E-state index in [1.807, 2.05) is 12.1 Å². The van der Waals surface area contributed by atoms with Crippen molar-refractivity contribution < 1.29 is 0 Å². The van der Waals surface area contributed by atoms with E-state index >= 15 is 0 Å². The molecule has 0 aromatic heterocycles. The van der Waals surface area contributed by atoms with E-state index in [4.69, 9.17) is 5.73 Å². The van der Waals surface area contributed by atoms with Crippen molar-refractivity contribution in [3.8, 4) is 0 Å². The first kappa shape index (κ1) is 14.3. The largest absolute Gasteiger partial charge is 0.321 e. The van der Waals surface area contributed by atoms with Crippen LogP contribution in [0.2, 0.25) is 0 Å². The number of hydrogen-bond donors (Lipinski definition) is 1. The normalized spacial score (nSPS) is 14.1. The Morgan fingerprint density at radius 2 is 1.79 bits per heavy atom. The maximum Gasteiger partial charge on any atom is 0.0450 e. The molecule has 1 unspecified atom stereocenters.